The maximum atomic E-state index is 11.5. The minimum atomic E-state index is 0.102. The van der Waals surface area contributed by atoms with Crippen LogP contribution in [0.4, 0.5) is 0 Å². The zero-order valence-electron chi connectivity index (χ0n) is 13.2. The van der Waals surface area contributed by atoms with E-state index in [1.54, 1.807) is 0 Å². The molecule has 0 rings (SSSR count). The largest absolute Gasteiger partial charge is 0.356 e. The summed E-state index contributed by atoms with van der Waals surface area (Å²) in [7, 11) is 0. The molecule has 0 aliphatic rings. The summed E-state index contributed by atoms with van der Waals surface area (Å²) in [5.74, 6) is 0.219. The molecule has 5 nitrogen and oxygen atoms in total. The number of hydrogen-bond acceptors (Lipinski definition) is 3. The normalized spacial score (nSPS) is 9.90. The van der Waals surface area contributed by atoms with Gasteiger partial charge in [0.2, 0.25) is 11.8 Å². The van der Waals surface area contributed by atoms with Crippen molar-refractivity contribution in [3.63, 3.8) is 0 Å². The van der Waals surface area contributed by atoms with Gasteiger partial charge in [-0.15, -0.1) is 0 Å². The fourth-order valence-electron chi connectivity index (χ4n) is 1.95. The highest BCUT2D eigenvalue weighted by Gasteiger charge is 2.01. The number of amides is 2. The summed E-state index contributed by atoms with van der Waals surface area (Å²) in [5, 5.41) is 14.1. The number of unbranched alkanes of at least 4 members (excludes halogenated alkanes) is 5. The molecule has 0 aromatic carbocycles. The third-order valence-electron chi connectivity index (χ3n) is 3.17. The second kappa shape index (κ2) is 14.8. The smallest absolute Gasteiger partial charge is 0.219 e. The van der Waals surface area contributed by atoms with Crippen LogP contribution in [0.25, 0.3) is 0 Å². The van der Waals surface area contributed by atoms with E-state index < -0.39 is 0 Å². The lowest BCUT2D eigenvalue weighted by Gasteiger charge is -2.06. The number of nitriles is 1. The molecule has 0 saturated carbocycles. The van der Waals surface area contributed by atoms with Gasteiger partial charge in [0.1, 0.15) is 0 Å². The zero-order chi connectivity index (χ0) is 15.8. The summed E-state index contributed by atoms with van der Waals surface area (Å²) in [6.07, 6.45) is 8.23. The maximum absolute atomic E-state index is 11.5. The van der Waals surface area contributed by atoms with Crippen molar-refractivity contribution in [2.24, 2.45) is 0 Å². The van der Waals surface area contributed by atoms with Gasteiger partial charge in [0.05, 0.1) is 6.07 Å². The van der Waals surface area contributed by atoms with Gasteiger partial charge in [-0.3, -0.25) is 9.59 Å². The first-order valence-electron chi connectivity index (χ1n) is 8.11. The van der Waals surface area contributed by atoms with E-state index in [2.05, 4.69) is 16.7 Å². The second-order valence-corrected chi connectivity index (χ2v) is 5.23. The molecule has 2 N–H and O–H groups in total. The van der Waals surface area contributed by atoms with E-state index in [0.717, 1.165) is 44.9 Å². The third kappa shape index (κ3) is 14.6. The molecule has 2 amide bonds. The quantitative estimate of drug-likeness (QED) is 0.512. The Labute approximate surface area is 128 Å². The van der Waals surface area contributed by atoms with Gasteiger partial charge in [-0.25, -0.2) is 0 Å². The van der Waals surface area contributed by atoms with E-state index in [-0.39, 0.29) is 11.8 Å². The fraction of sp³-hybridized carbons (Fsp3) is 0.812. The van der Waals surface area contributed by atoms with Crippen LogP contribution in [0.2, 0.25) is 0 Å². The average molecular weight is 295 g/mol. The van der Waals surface area contributed by atoms with Crippen molar-refractivity contribution in [2.75, 3.05) is 13.1 Å². The number of carbonyl (C=O) groups excluding carboxylic acids is 2. The molecule has 0 aromatic rings. The molecular formula is C16H29N3O2. The topological polar surface area (TPSA) is 82.0 Å². The Bertz CT molecular complexity index is 324. The molecule has 120 valence electrons. The van der Waals surface area contributed by atoms with Crippen LogP contribution < -0.4 is 10.6 Å². The van der Waals surface area contributed by atoms with Gasteiger partial charge in [-0.05, 0) is 32.1 Å². The summed E-state index contributed by atoms with van der Waals surface area (Å²) >= 11 is 0. The molecule has 21 heavy (non-hydrogen) atoms. The van der Waals surface area contributed by atoms with Crippen LogP contribution in [-0.4, -0.2) is 24.9 Å². The molecule has 0 atom stereocenters. The van der Waals surface area contributed by atoms with E-state index in [1.165, 1.54) is 0 Å². The Balaban J connectivity index is 3.27. The molecule has 0 saturated heterocycles. The molecule has 5 heteroatoms. The average Bonchev–Trinajstić information content (AvgIpc) is 2.46. The van der Waals surface area contributed by atoms with Gasteiger partial charge in [-0.2, -0.15) is 5.26 Å². The third-order valence-corrected chi connectivity index (χ3v) is 3.17. The van der Waals surface area contributed by atoms with E-state index in [4.69, 9.17) is 5.26 Å². The highest BCUT2D eigenvalue weighted by molar-refractivity contribution is 5.76. The van der Waals surface area contributed by atoms with Gasteiger partial charge in [0.15, 0.2) is 0 Å². The van der Waals surface area contributed by atoms with Gasteiger partial charge >= 0.3 is 0 Å². The van der Waals surface area contributed by atoms with Crippen LogP contribution in [0.5, 0.6) is 0 Å². The predicted octanol–water partition coefficient (Wildman–Crippen LogP) is 2.66. The molecule has 0 aliphatic carbocycles. The standard InChI is InChI=1S/C16H29N3O2/c1-2-10-15(20)18-14-9-5-6-11-16(21)19-13-8-4-3-7-12-17/h2-11,13-14H2,1H3,(H,18,20)(H,19,21). The summed E-state index contributed by atoms with van der Waals surface area (Å²) < 4.78 is 0. The molecule has 0 spiro atoms. The van der Waals surface area contributed by atoms with Crippen molar-refractivity contribution in [1.29, 1.82) is 5.26 Å². The van der Waals surface area contributed by atoms with Crippen LogP contribution in [0.3, 0.4) is 0 Å². The number of rotatable bonds is 13. The number of nitrogens with zero attached hydrogens (tertiary/aromatic N) is 1. The Morgan fingerprint density at radius 2 is 1.43 bits per heavy atom. The maximum Gasteiger partial charge on any atom is 0.219 e. The van der Waals surface area contributed by atoms with E-state index in [0.29, 0.717) is 32.4 Å². The predicted molar refractivity (Wildman–Crippen MR) is 83.5 cm³/mol. The fourth-order valence-corrected chi connectivity index (χ4v) is 1.95. The Morgan fingerprint density at radius 1 is 0.857 bits per heavy atom. The molecule has 0 unspecified atom stereocenters. The molecule has 0 aromatic heterocycles. The minimum absolute atomic E-state index is 0.102. The molecule has 0 aliphatic heterocycles. The minimum Gasteiger partial charge on any atom is -0.356 e. The van der Waals surface area contributed by atoms with Gasteiger partial charge in [0.25, 0.3) is 0 Å². The summed E-state index contributed by atoms with van der Waals surface area (Å²) in [5.41, 5.74) is 0. The van der Waals surface area contributed by atoms with Crippen molar-refractivity contribution in [1.82, 2.24) is 10.6 Å². The monoisotopic (exact) mass is 295 g/mol. The van der Waals surface area contributed by atoms with Gasteiger partial charge < -0.3 is 10.6 Å². The SMILES string of the molecule is CCCC(=O)NCCCCCC(=O)NCCCCCC#N. The van der Waals surface area contributed by atoms with Crippen LogP contribution in [0.1, 0.15) is 71.1 Å². The highest BCUT2D eigenvalue weighted by Crippen LogP contribution is 2.00. The molecule has 0 bridgehead atoms. The molecule has 0 radical (unpaired) electrons. The van der Waals surface area contributed by atoms with E-state index in [1.807, 2.05) is 6.92 Å². The van der Waals surface area contributed by atoms with Crippen LogP contribution >= 0.6 is 0 Å². The summed E-state index contributed by atoms with van der Waals surface area (Å²) in [4.78, 5) is 22.7. The Morgan fingerprint density at radius 3 is 2.00 bits per heavy atom. The second-order valence-electron chi connectivity index (χ2n) is 5.23. The van der Waals surface area contributed by atoms with Crippen molar-refractivity contribution in [3.05, 3.63) is 0 Å². The molecule has 0 heterocycles. The van der Waals surface area contributed by atoms with Crippen molar-refractivity contribution in [2.45, 2.75) is 71.1 Å². The number of nitrogens with one attached hydrogen (secondary N) is 2. The van der Waals surface area contributed by atoms with Crippen molar-refractivity contribution < 1.29 is 9.59 Å². The lowest BCUT2D eigenvalue weighted by molar-refractivity contribution is -0.122. The Hall–Kier alpha value is -1.57. The lowest BCUT2D eigenvalue weighted by atomic mass is 10.1. The van der Waals surface area contributed by atoms with E-state index in [9.17, 15) is 9.59 Å². The lowest BCUT2D eigenvalue weighted by Crippen LogP contribution is -2.25. The first-order chi connectivity index (χ1) is 10.2. The number of carbonyl (C=O) groups is 2. The number of hydrogen-bond donors (Lipinski definition) is 2. The van der Waals surface area contributed by atoms with Crippen LogP contribution in [0.15, 0.2) is 0 Å². The van der Waals surface area contributed by atoms with Gasteiger partial charge in [0, 0.05) is 32.4 Å². The van der Waals surface area contributed by atoms with Crippen molar-refractivity contribution in [3.8, 4) is 6.07 Å². The van der Waals surface area contributed by atoms with Gasteiger partial charge in [-0.1, -0.05) is 19.8 Å². The van der Waals surface area contributed by atoms with Crippen LogP contribution in [0, 0.1) is 11.3 Å². The van der Waals surface area contributed by atoms with Crippen LogP contribution in [-0.2, 0) is 9.59 Å². The summed E-state index contributed by atoms with van der Waals surface area (Å²) in [6, 6.07) is 2.11. The molecule has 0 fully saturated rings. The molecular weight excluding hydrogens is 266 g/mol. The highest BCUT2D eigenvalue weighted by atomic mass is 16.2. The first kappa shape index (κ1) is 19.4. The zero-order valence-corrected chi connectivity index (χ0v) is 13.2. The van der Waals surface area contributed by atoms with E-state index >= 15 is 0 Å². The van der Waals surface area contributed by atoms with Crippen molar-refractivity contribution >= 4 is 11.8 Å². The first-order valence-corrected chi connectivity index (χ1v) is 8.11. The summed E-state index contributed by atoms with van der Waals surface area (Å²) in [6.45, 7) is 3.40. The Kier molecular flexibility index (Phi) is 13.7.